The van der Waals surface area contributed by atoms with Gasteiger partial charge >= 0.3 is 0 Å². The van der Waals surface area contributed by atoms with E-state index in [0.717, 1.165) is 0 Å². The highest BCUT2D eigenvalue weighted by atomic mass is 15.3. The van der Waals surface area contributed by atoms with E-state index in [-0.39, 0.29) is 0 Å². The van der Waals surface area contributed by atoms with Crippen LogP contribution in [-0.2, 0) is 19.9 Å². The summed E-state index contributed by atoms with van der Waals surface area (Å²) in [5.74, 6) is 0.615. The van der Waals surface area contributed by atoms with Crippen molar-refractivity contribution >= 4 is 0 Å². The largest absolute Gasteiger partial charge is 0.272 e. The first-order chi connectivity index (χ1) is 5.70. The van der Waals surface area contributed by atoms with Crippen LogP contribution < -0.4 is 0 Å². The van der Waals surface area contributed by atoms with Crippen LogP contribution >= 0.6 is 0 Å². The molecule has 0 N–H and O–H groups in total. The van der Waals surface area contributed by atoms with Crippen molar-refractivity contribution in [1.82, 2.24) is 9.78 Å². The van der Waals surface area contributed by atoms with Crippen molar-refractivity contribution in [2.75, 3.05) is 0 Å². The van der Waals surface area contributed by atoms with Gasteiger partial charge in [-0.05, 0) is 30.7 Å². The lowest BCUT2D eigenvalue weighted by molar-refractivity contribution is 0.646. The van der Waals surface area contributed by atoms with Gasteiger partial charge in [-0.2, -0.15) is 5.10 Å². The Balaban J connectivity index is 2.52. The smallest absolute Gasteiger partial charge is 0.0659 e. The molecule has 0 saturated carbocycles. The van der Waals surface area contributed by atoms with Crippen LogP contribution in [0.25, 0.3) is 0 Å². The minimum atomic E-state index is 0.615. The summed E-state index contributed by atoms with van der Waals surface area (Å²) in [4.78, 5) is 0. The Morgan fingerprint density at radius 2 is 2.08 bits per heavy atom. The number of rotatable bonds is 1. The molecule has 1 aromatic rings. The van der Waals surface area contributed by atoms with Crippen molar-refractivity contribution in [3.63, 3.8) is 0 Å². The lowest BCUT2D eigenvalue weighted by Crippen LogP contribution is -2.02. The normalized spacial score (nSPS) is 15.7. The second-order valence-electron chi connectivity index (χ2n) is 3.94. The molecule has 0 aromatic carbocycles. The van der Waals surface area contributed by atoms with Crippen molar-refractivity contribution in [3.05, 3.63) is 17.0 Å². The van der Waals surface area contributed by atoms with Gasteiger partial charge in [-0.25, -0.2) is 0 Å². The Kier molecular flexibility index (Phi) is 1.71. The molecule has 2 rings (SSSR count). The van der Waals surface area contributed by atoms with E-state index in [1.165, 1.54) is 36.2 Å². The summed E-state index contributed by atoms with van der Waals surface area (Å²) >= 11 is 0. The molecule has 0 unspecified atom stereocenters. The summed E-state index contributed by atoms with van der Waals surface area (Å²) in [5.41, 5.74) is 4.33. The third-order valence-corrected chi connectivity index (χ3v) is 2.66. The summed E-state index contributed by atoms with van der Waals surface area (Å²) in [5, 5.41) is 4.53. The van der Waals surface area contributed by atoms with E-state index < -0.39 is 0 Å². The number of aryl methyl sites for hydroxylation is 2. The van der Waals surface area contributed by atoms with E-state index in [1.807, 2.05) is 0 Å². The monoisotopic (exact) mass is 164 g/mol. The molecule has 0 aliphatic heterocycles. The zero-order chi connectivity index (χ0) is 8.72. The Hall–Kier alpha value is -0.790. The first kappa shape index (κ1) is 7.84. The maximum Gasteiger partial charge on any atom is 0.0659 e. The third-order valence-electron chi connectivity index (χ3n) is 2.66. The molecule has 0 atom stereocenters. The summed E-state index contributed by atoms with van der Waals surface area (Å²) in [6.45, 7) is 4.49. The first-order valence-corrected chi connectivity index (χ1v) is 4.74. The Morgan fingerprint density at radius 1 is 1.33 bits per heavy atom. The lowest BCUT2D eigenvalue weighted by atomic mass is 10.0. The highest BCUT2D eigenvalue weighted by Crippen LogP contribution is 2.28. The van der Waals surface area contributed by atoms with Crippen molar-refractivity contribution < 1.29 is 0 Å². The third kappa shape index (κ3) is 0.977. The summed E-state index contributed by atoms with van der Waals surface area (Å²) < 4.78 is 2.06. The molecule has 2 nitrogen and oxygen atoms in total. The number of aromatic nitrogens is 2. The van der Waals surface area contributed by atoms with E-state index >= 15 is 0 Å². The van der Waals surface area contributed by atoms with Gasteiger partial charge < -0.3 is 0 Å². The SMILES string of the molecule is CC(C)c1c2c(nn1C)CCC2. The van der Waals surface area contributed by atoms with E-state index in [0.29, 0.717) is 5.92 Å². The summed E-state index contributed by atoms with van der Waals surface area (Å²) in [6.07, 6.45) is 3.74. The zero-order valence-corrected chi connectivity index (χ0v) is 8.09. The summed E-state index contributed by atoms with van der Waals surface area (Å²) in [7, 11) is 2.06. The predicted octanol–water partition coefficient (Wildman–Crippen LogP) is 2.03. The Labute approximate surface area is 73.6 Å². The van der Waals surface area contributed by atoms with Crippen LogP contribution in [0.4, 0.5) is 0 Å². The van der Waals surface area contributed by atoms with Gasteiger partial charge in [-0.1, -0.05) is 13.8 Å². The maximum absolute atomic E-state index is 4.53. The highest BCUT2D eigenvalue weighted by Gasteiger charge is 2.21. The van der Waals surface area contributed by atoms with Gasteiger partial charge in [0.15, 0.2) is 0 Å². The number of hydrogen-bond acceptors (Lipinski definition) is 1. The van der Waals surface area contributed by atoms with Crippen LogP contribution in [0.1, 0.15) is 43.1 Å². The number of hydrogen-bond donors (Lipinski definition) is 0. The molecular weight excluding hydrogens is 148 g/mol. The molecule has 2 heteroatoms. The van der Waals surface area contributed by atoms with Crippen LogP contribution in [-0.4, -0.2) is 9.78 Å². The minimum Gasteiger partial charge on any atom is -0.272 e. The van der Waals surface area contributed by atoms with Crippen molar-refractivity contribution in [3.8, 4) is 0 Å². The Morgan fingerprint density at radius 3 is 2.75 bits per heavy atom. The molecule has 0 spiro atoms. The van der Waals surface area contributed by atoms with Gasteiger partial charge in [-0.15, -0.1) is 0 Å². The van der Waals surface area contributed by atoms with Gasteiger partial charge in [0.25, 0.3) is 0 Å². The van der Waals surface area contributed by atoms with Crippen LogP contribution in [0.5, 0.6) is 0 Å². The summed E-state index contributed by atoms with van der Waals surface area (Å²) in [6, 6.07) is 0. The van der Waals surface area contributed by atoms with Gasteiger partial charge in [0.2, 0.25) is 0 Å². The van der Waals surface area contributed by atoms with E-state index in [9.17, 15) is 0 Å². The molecule has 1 aliphatic rings. The van der Waals surface area contributed by atoms with Crippen LogP contribution in [0, 0.1) is 0 Å². The Bertz CT molecular complexity index is 297. The van der Waals surface area contributed by atoms with E-state index in [2.05, 4.69) is 30.7 Å². The molecule has 0 fully saturated rings. The number of nitrogens with zero attached hydrogens (tertiary/aromatic N) is 2. The fourth-order valence-corrected chi connectivity index (χ4v) is 2.27. The van der Waals surface area contributed by atoms with Gasteiger partial charge in [0, 0.05) is 12.7 Å². The number of fused-ring (bicyclic) bond motifs is 1. The highest BCUT2D eigenvalue weighted by molar-refractivity contribution is 5.32. The average Bonchev–Trinajstić information content (AvgIpc) is 2.44. The lowest BCUT2D eigenvalue weighted by Gasteiger charge is -2.07. The molecule has 1 heterocycles. The zero-order valence-electron chi connectivity index (χ0n) is 8.09. The first-order valence-electron chi connectivity index (χ1n) is 4.74. The van der Waals surface area contributed by atoms with Crippen molar-refractivity contribution in [1.29, 1.82) is 0 Å². The van der Waals surface area contributed by atoms with Crippen LogP contribution in [0.15, 0.2) is 0 Å². The van der Waals surface area contributed by atoms with E-state index in [1.54, 1.807) is 0 Å². The van der Waals surface area contributed by atoms with Gasteiger partial charge in [0.1, 0.15) is 0 Å². The molecular formula is C10H16N2. The van der Waals surface area contributed by atoms with Crippen molar-refractivity contribution in [2.24, 2.45) is 7.05 Å². The molecule has 1 aromatic heterocycles. The van der Waals surface area contributed by atoms with E-state index in [4.69, 9.17) is 0 Å². The van der Waals surface area contributed by atoms with Gasteiger partial charge in [0.05, 0.1) is 5.69 Å². The molecule has 1 aliphatic carbocycles. The average molecular weight is 164 g/mol. The molecule has 66 valence electrons. The second kappa shape index (κ2) is 2.61. The van der Waals surface area contributed by atoms with Gasteiger partial charge in [-0.3, -0.25) is 4.68 Å². The van der Waals surface area contributed by atoms with Crippen LogP contribution in [0.3, 0.4) is 0 Å². The molecule has 0 bridgehead atoms. The standard InChI is InChI=1S/C10H16N2/c1-7(2)10-8-5-4-6-9(8)11-12(10)3/h7H,4-6H2,1-3H3. The predicted molar refractivity (Wildman–Crippen MR) is 49.3 cm³/mol. The molecule has 0 radical (unpaired) electrons. The van der Waals surface area contributed by atoms with Crippen LogP contribution in [0.2, 0.25) is 0 Å². The fourth-order valence-electron chi connectivity index (χ4n) is 2.27. The maximum atomic E-state index is 4.53. The second-order valence-corrected chi connectivity index (χ2v) is 3.94. The molecule has 0 saturated heterocycles. The topological polar surface area (TPSA) is 17.8 Å². The minimum absolute atomic E-state index is 0.615. The fraction of sp³-hybridized carbons (Fsp3) is 0.700. The molecule has 12 heavy (non-hydrogen) atoms. The van der Waals surface area contributed by atoms with Crippen molar-refractivity contribution in [2.45, 2.75) is 39.0 Å². The molecule has 0 amide bonds. The quantitative estimate of drug-likeness (QED) is 0.621.